The Morgan fingerprint density at radius 1 is 1.19 bits per heavy atom. The molecule has 0 bridgehead atoms. The van der Waals surface area contributed by atoms with Gasteiger partial charge in [-0.1, -0.05) is 43.0 Å². The largest absolute Gasteiger partial charge is 0.482 e. The zero-order valence-electron chi connectivity index (χ0n) is 14.4. The van der Waals surface area contributed by atoms with E-state index in [1.54, 1.807) is 25.1 Å². The van der Waals surface area contributed by atoms with E-state index in [4.69, 9.17) is 13.9 Å². The van der Waals surface area contributed by atoms with E-state index in [1.165, 1.54) is 6.08 Å². The highest BCUT2D eigenvalue weighted by Crippen LogP contribution is 2.26. The van der Waals surface area contributed by atoms with Gasteiger partial charge in [-0.25, -0.2) is 4.79 Å². The number of hydrogen-bond acceptors (Lipinski definition) is 5. The SMILES string of the molecule is C=CCOC(=O)COc1ccc2c(=O)c(-c3ccccc3)c(C)oc2c1. The summed E-state index contributed by atoms with van der Waals surface area (Å²) in [5.41, 5.74) is 1.65. The summed E-state index contributed by atoms with van der Waals surface area (Å²) in [5, 5.41) is 0.455. The van der Waals surface area contributed by atoms with E-state index in [0.717, 1.165) is 5.56 Å². The van der Waals surface area contributed by atoms with Gasteiger partial charge in [0.25, 0.3) is 0 Å². The molecule has 5 heteroatoms. The number of esters is 1. The Hall–Kier alpha value is -3.34. The summed E-state index contributed by atoms with van der Waals surface area (Å²) in [6.45, 7) is 5.13. The lowest BCUT2D eigenvalue weighted by atomic mass is 10.0. The van der Waals surface area contributed by atoms with Crippen LogP contribution in [0.1, 0.15) is 5.76 Å². The van der Waals surface area contributed by atoms with Crippen molar-refractivity contribution < 1.29 is 18.7 Å². The van der Waals surface area contributed by atoms with Crippen molar-refractivity contribution in [2.75, 3.05) is 13.2 Å². The van der Waals surface area contributed by atoms with Gasteiger partial charge in [0.1, 0.15) is 23.7 Å². The van der Waals surface area contributed by atoms with Crippen molar-refractivity contribution in [2.45, 2.75) is 6.92 Å². The van der Waals surface area contributed by atoms with Crippen LogP contribution in [-0.2, 0) is 9.53 Å². The lowest BCUT2D eigenvalue weighted by molar-refractivity contribution is -0.144. The van der Waals surface area contributed by atoms with Crippen molar-refractivity contribution in [1.29, 1.82) is 0 Å². The third-order valence-electron chi connectivity index (χ3n) is 3.82. The van der Waals surface area contributed by atoms with Crippen molar-refractivity contribution in [3.05, 3.63) is 77.2 Å². The van der Waals surface area contributed by atoms with Gasteiger partial charge in [-0.15, -0.1) is 0 Å². The third kappa shape index (κ3) is 3.67. The molecular weight excluding hydrogens is 332 g/mol. The summed E-state index contributed by atoms with van der Waals surface area (Å²) >= 11 is 0. The Morgan fingerprint density at radius 3 is 2.69 bits per heavy atom. The Morgan fingerprint density at radius 2 is 1.96 bits per heavy atom. The summed E-state index contributed by atoms with van der Waals surface area (Å²) in [4.78, 5) is 24.3. The Bertz CT molecular complexity index is 1000. The summed E-state index contributed by atoms with van der Waals surface area (Å²) in [6, 6.07) is 14.3. The summed E-state index contributed by atoms with van der Waals surface area (Å²) < 4.78 is 16.1. The number of rotatable bonds is 6. The van der Waals surface area contributed by atoms with Crippen LogP contribution in [0.5, 0.6) is 5.75 Å². The Kier molecular flexibility index (Phi) is 5.17. The van der Waals surface area contributed by atoms with Gasteiger partial charge in [0, 0.05) is 6.07 Å². The molecule has 0 aliphatic rings. The first-order valence-corrected chi connectivity index (χ1v) is 8.12. The fourth-order valence-electron chi connectivity index (χ4n) is 2.65. The van der Waals surface area contributed by atoms with Gasteiger partial charge in [-0.2, -0.15) is 0 Å². The van der Waals surface area contributed by atoms with Gasteiger partial charge in [0.05, 0.1) is 10.9 Å². The highest BCUT2D eigenvalue weighted by molar-refractivity contribution is 5.83. The smallest absolute Gasteiger partial charge is 0.344 e. The molecule has 132 valence electrons. The van der Waals surface area contributed by atoms with Crippen molar-refractivity contribution in [3.63, 3.8) is 0 Å². The molecule has 1 heterocycles. The molecule has 0 amide bonds. The minimum atomic E-state index is -0.498. The molecule has 0 atom stereocenters. The molecule has 3 aromatic rings. The van der Waals surface area contributed by atoms with Crippen molar-refractivity contribution in [3.8, 4) is 16.9 Å². The van der Waals surface area contributed by atoms with E-state index < -0.39 is 5.97 Å². The average molecular weight is 350 g/mol. The average Bonchev–Trinajstić information content (AvgIpc) is 2.65. The van der Waals surface area contributed by atoms with Crippen LogP contribution in [0.2, 0.25) is 0 Å². The Balaban J connectivity index is 1.91. The van der Waals surface area contributed by atoms with Crippen LogP contribution in [0.25, 0.3) is 22.1 Å². The van der Waals surface area contributed by atoms with Crippen LogP contribution in [0.15, 0.2) is 70.4 Å². The Labute approximate surface area is 150 Å². The normalized spacial score (nSPS) is 10.5. The number of ether oxygens (including phenoxy) is 2. The van der Waals surface area contributed by atoms with Crippen LogP contribution in [-0.4, -0.2) is 19.2 Å². The van der Waals surface area contributed by atoms with E-state index in [-0.39, 0.29) is 18.6 Å². The minimum Gasteiger partial charge on any atom is -0.482 e. The number of carbonyl (C=O) groups excluding carboxylic acids is 1. The molecule has 0 saturated heterocycles. The number of carbonyl (C=O) groups is 1. The summed E-state index contributed by atoms with van der Waals surface area (Å²) in [6.07, 6.45) is 1.48. The van der Waals surface area contributed by atoms with Gasteiger partial charge in [-0.3, -0.25) is 4.79 Å². The molecule has 0 saturated carbocycles. The summed E-state index contributed by atoms with van der Waals surface area (Å²) in [5.74, 6) is 0.446. The second-order valence-corrected chi connectivity index (χ2v) is 5.65. The molecule has 0 radical (unpaired) electrons. The van der Waals surface area contributed by atoms with Crippen molar-refractivity contribution >= 4 is 16.9 Å². The first-order valence-electron chi connectivity index (χ1n) is 8.12. The first kappa shape index (κ1) is 17.5. The summed E-state index contributed by atoms with van der Waals surface area (Å²) in [7, 11) is 0. The van der Waals surface area contributed by atoms with Crippen LogP contribution in [0.4, 0.5) is 0 Å². The van der Waals surface area contributed by atoms with Crippen LogP contribution in [0, 0.1) is 6.92 Å². The molecule has 0 aliphatic heterocycles. The van der Waals surface area contributed by atoms with Gasteiger partial charge in [-0.05, 0) is 24.6 Å². The number of fused-ring (bicyclic) bond motifs is 1. The number of aryl methyl sites for hydroxylation is 1. The molecular formula is C21H18O5. The predicted molar refractivity (Wildman–Crippen MR) is 99.3 cm³/mol. The topological polar surface area (TPSA) is 65.7 Å². The minimum absolute atomic E-state index is 0.105. The highest BCUT2D eigenvalue weighted by Gasteiger charge is 2.14. The fourth-order valence-corrected chi connectivity index (χ4v) is 2.65. The van der Waals surface area contributed by atoms with Gasteiger partial charge in [0.15, 0.2) is 6.61 Å². The predicted octanol–water partition coefficient (Wildman–Crippen LogP) is 3.88. The van der Waals surface area contributed by atoms with Gasteiger partial charge >= 0.3 is 5.97 Å². The van der Waals surface area contributed by atoms with Crippen molar-refractivity contribution in [2.24, 2.45) is 0 Å². The number of benzene rings is 2. The monoisotopic (exact) mass is 350 g/mol. The third-order valence-corrected chi connectivity index (χ3v) is 3.82. The first-order chi connectivity index (χ1) is 12.6. The molecule has 0 aliphatic carbocycles. The van der Waals surface area contributed by atoms with E-state index in [0.29, 0.717) is 28.0 Å². The highest BCUT2D eigenvalue weighted by atomic mass is 16.6. The molecule has 26 heavy (non-hydrogen) atoms. The van der Waals surface area contributed by atoms with E-state index in [1.807, 2.05) is 30.3 Å². The molecule has 0 fully saturated rings. The standard InChI is InChI=1S/C21H18O5/c1-3-11-24-19(22)13-25-16-9-10-17-18(12-16)26-14(2)20(21(17)23)15-7-5-4-6-8-15/h3-10,12H,1,11,13H2,2H3. The van der Waals surface area contributed by atoms with Gasteiger partial charge < -0.3 is 13.9 Å². The van der Waals surface area contributed by atoms with Gasteiger partial charge in [0.2, 0.25) is 5.43 Å². The second-order valence-electron chi connectivity index (χ2n) is 5.65. The molecule has 0 N–H and O–H groups in total. The number of hydrogen-bond donors (Lipinski definition) is 0. The molecule has 3 rings (SSSR count). The quantitative estimate of drug-likeness (QED) is 0.499. The molecule has 2 aromatic carbocycles. The zero-order chi connectivity index (χ0) is 18.5. The fraction of sp³-hybridized carbons (Fsp3) is 0.143. The van der Waals surface area contributed by atoms with E-state index >= 15 is 0 Å². The zero-order valence-corrected chi connectivity index (χ0v) is 14.4. The molecule has 5 nitrogen and oxygen atoms in total. The molecule has 1 aromatic heterocycles. The van der Waals surface area contributed by atoms with Crippen LogP contribution < -0.4 is 10.2 Å². The lowest BCUT2D eigenvalue weighted by Gasteiger charge is -2.09. The van der Waals surface area contributed by atoms with Crippen molar-refractivity contribution in [1.82, 2.24) is 0 Å². The maximum atomic E-state index is 12.9. The lowest BCUT2D eigenvalue weighted by Crippen LogP contribution is -2.15. The van der Waals surface area contributed by atoms with Crippen LogP contribution in [0.3, 0.4) is 0 Å². The van der Waals surface area contributed by atoms with Crippen LogP contribution >= 0.6 is 0 Å². The maximum absolute atomic E-state index is 12.9. The second kappa shape index (κ2) is 7.70. The maximum Gasteiger partial charge on any atom is 0.344 e. The molecule has 0 spiro atoms. The molecule has 0 unspecified atom stereocenters. The van der Waals surface area contributed by atoms with E-state index in [2.05, 4.69) is 6.58 Å². The van der Waals surface area contributed by atoms with E-state index in [9.17, 15) is 9.59 Å².